The van der Waals surface area contributed by atoms with Crippen LogP contribution in [0.3, 0.4) is 0 Å². The van der Waals surface area contributed by atoms with Gasteiger partial charge in [0.15, 0.2) is 5.75 Å². The van der Waals surface area contributed by atoms with E-state index in [4.69, 9.17) is 10.5 Å². The Morgan fingerprint density at radius 1 is 1.17 bits per heavy atom. The van der Waals surface area contributed by atoms with E-state index >= 15 is 0 Å². The van der Waals surface area contributed by atoms with Crippen molar-refractivity contribution >= 4 is 5.69 Å². The van der Waals surface area contributed by atoms with Crippen molar-refractivity contribution in [2.75, 3.05) is 5.73 Å². The van der Waals surface area contributed by atoms with Crippen LogP contribution in [-0.4, -0.2) is 4.98 Å². The van der Waals surface area contributed by atoms with Crippen LogP contribution in [0.2, 0.25) is 0 Å². The molecule has 3 nitrogen and oxygen atoms in total. The van der Waals surface area contributed by atoms with Crippen molar-refractivity contribution in [1.29, 1.82) is 0 Å². The third kappa shape index (κ3) is 2.01. The summed E-state index contributed by atoms with van der Waals surface area (Å²) in [7, 11) is 0. The van der Waals surface area contributed by atoms with Gasteiger partial charge in [0.25, 0.3) is 0 Å². The van der Waals surface area contributed by atoms with E-state index in [0.29, 0.717) is 11.6 Å². The lowest BCUT2D eigenvalue weighted by molar-refractivity contribution is 0.462. The van der Waals surface area contributed by atoms with Crippen LogP contribution in [-0.2, 0) is 12.8 Å². The Bertz CT molecular complexity index is 598. The number of nitrogen functional groups attached to an aromatic ring is 1. The monoisotopic (exact) mass is 244 g/mol. The third-order valence-corrected chi connectivity index (χ3v) is 3.09. The third-order valence-electron chi connectivity index (χ3n) is 3.09. The standard InChI is InChI=1S/C14H13FN2O/c15-10-5-6-13(11(16)8-10)18-14-7-4-9-2-1-3-12(9)17-14/h4-8H,1-3,16H2. The second-order valence-corrected chi connectivity index (χ2v) is 4.39. The first-order chi connectivity index (χ1) is 8.72. The molecule has 0 amide bonds. The van der Waals surface area contributed by atoms with Gasteiger partial charge in [0.1, 0.15) is 5.82 Å². The Morgan fingerprint density at radius 2 is 2.06 bits per heavy atom. The molecule has 18 heavy (non-hydrogen) atoms. The molecule has 0 radical (unpaired) electrons. The van der Waals surface area contributed by atoms with Crippen LogP contribution in [0.4, 0.5) is 10.1 Å². The second-order valence-electron chi connectivity index (χ2n) is 4.39. The van der Waals surface area contributed by atoms with Crippen molar-refractivity contribution in [3.05, 3.63) is 47.4 Å². The summed E-state index contributed by atoms with van der Waals surface area (Å²) >= 11 is 0. The SMILES string of the molecule is Nc1cc(F)ccc1Oc1ccc2c(n1)CCC2. The first-order valence-electron chi connectivity index (χ1n) is 5.94. The molecule has 4 heteroatoms. The van der Waals surface area contributed by atoms with Crippen LogP contribution in [0.25, 0.3) is 0 Å². The molecule has 0 spiro atoms. The highest BCUT2D eigenvalue weighted by molar-refractivity contribution is 5.53. The zero-order chi connectivity index (χ0) is 12.5. The molecule has 1 aromatic carbocycles. The number of aromatic nitrogens is 1. The quantitative estimate of drug-likeness (QED) is 0.826. The summed E-state index contributed by atoms with van der Waals surface area (Å²) in [5, 5.41) is 0. The van der Waals surface area contributed by atoms with Crippen molar-refractivity contribution in [3.63, 3.8) is 0 Å². The predicted molar refractivity (Wildman–Crippen MR) is 67.1 cm³/mol. The highest BCUT2D eigenvalue weighted by Crippen LogP contribution is 2.29. The van der Waals surface area contributed by atoms with E-state index in [0.717, 1.165) is 25.0 Å². The minimum atomic E-state index is -0.373. The van der Waals surface area contributed by atoms with Gasteiger partial charge in [-0.2, -0.15) is 0 Å². The van der Waals surface area contributed by atoms with E-state index in [1.54, 1.807) is 0 Å². The smallest absolute Gasteiger partial charge is 0.219 e. The van der Waals surface area contributed by atoms with Crippen LogP contribution in [0.1, 0.15) is 17.7 Å². The Labute approximate surface area is 104 Å². The number of halogens is 1. The van der Waals surface area contributed by atoms with Gasteiger partial charge in [-0.25, -0.2) is 9.37 Å². The van der Waals surface area contributed by atoms with E-state index in [9.17, 15) is 4.39 Å². The lowest BCUT2D eigenvalue weighted by Crippen LogP contribution is -1.96. The van der Waals surface area contributed by atoms with Crippen LogP contribution >= 0.6 is 0 Å². The van der Waals surface area contributed by atoms with Gasteiger partial charge in [-0.1, -0.05) is 6.07 Å². The minimum Gasteiger partial charge on any atom is -0.437 e. The average Bonchev–Trinajstić information content (AvgIpc) is 2.80. The maximum absolute atomic E-state index is 12.9. The highest BCUT2D eigenvalue weighted by atomic mass is 19.1. The Hall–Kier alpha value is -2.10. The normalized spacial score (nSPS) is 13.4. The molecule has 0 saturated heterocycles. The summed E-state index contributed by atoms with van der Waals surface area (Å²) in [6.07, 6.45) is 3.22. The molecule has 1 aliphatic carbocycles. The largest absolute Gasteiger partial charge is 0.437 e. The van der Waals surface area contributed by atoms with Gasteiger partial charge in [-0.05, 0) is 37.0 Å². The summed E-state index contributed by atoms with van der Waals surface area (Å²) in [6.45, 7) is 0. The molecule has 0 fully saturated rings. The van der Waals surface area contributed by atoms with Crippen LogP contribution in [0, 0.1) is 5.82 Å². The van der Waals surface area contributed by atoms with E-state index < -0.39 is 0 Å². The van der Waals surface area contributed by atoms with Crippen LogP contribution in [0.5, 0.6) is 11.6 Å². The highest BCUT2D eigenvalue weighted by Gasteiger charge is 2.13. The van der Waals surface area contributed by atoms with Crippen LogP contribution in [0.15, 0.2) is 30.3 Å². The molecule has 1 aliphatic rings. The molecule has 0 atom stereocenters. The first kappa shape index (κ1) is 11.0. The van der Waals surface area contributed by atoms with Crippen LogP contribution < -0.4 is 10.5 Å². The maximum Gasteiger partial charge on any atom is 0.219 e. The molecular weight excluding hydrogens is 231 g/mol. The fourth-order valence-electron chi connectivity index (χ4n) is 2.18. The molecule has 2 N–H and O–H groups in total. The zero-order valence-electron chi connectivity index (χ0n) is 9.82. The number of rotatable bonds is 2. The van der Waals surface area contributed by atoms with Crippen molar-refractivity contribution in [2.24, 2.45) is 0 Å². The number of nitrogens with zero attached hydrogens (tertiary/aromatic N) is 1. The van der Waals surface area contributed by atoms with Crippen molar-refractivity contribution in [1.82, 2.24) is 4.98 Å². The maximum atomic E-state index is 12.9. The molecule has 0 saturated carbocycles. The van der Waals surface area contributed by atoms with Gasteiger partial charge in [0, 0.05) is 17.8 Å². The fraction of sp³-hybridized carbons (Fsp3) is 0.214. The van der Waals surface area contributed by atoms with Gasteiger partial charge in [-0.3, -0.25) is 0 Å². The van der Waals surface area contributed by atoms with E-state index in [1.165, 1.54) is 23.8 Å². The number of nitrogens with two attached hydrogens (primary N) is 1. The zero-order valence-corrected chi connectivity index (χ0v) is 9.82. The minimum absolute atomic E-state index is 0.275. The number of fused-ring (bicyclic) bond motifs is 1. The molecule has 0 aliphatic heterocycles. The number of anilines is 1. The lowest BCUT2D eigenvalue weighted by Gasteiger charge is -2.08. The van der Waals surface area contributed by atoms with Gasteiger partial charge < -0.3 is 10.5 Å². The molecular formula is C14H13FN2O. The Morgan fingerprint density at radius 3 is 2.89 bits per heavy atom. The first-order valence-corrected chi connectivity index (χ1v) is 5.94. The predicted octanol–water partition coefficient (Wildman–Crippen LogP) is 3.08. The van der Waals surface area contributed by atoms with E-state index in [2.05, 4.69) is 4.98 Å². The fourth-order valence-corrected chi connectivity index (χ4v) is 2.18. The summed E-state index contributed by atoms with van der Waals surface area (Å²) < 4.78 is 18.5. The number of hydrogen-bond acceptors (Lipinski definition) is 3. The molecule has 0 bridgehead atoms. The number of benzene rings is 1. The molecule has 1 aromatic heterocycles. The van der Waals surface area contributed by atoms with Gasteiger partial charge >= 0.3 is 0 Å². The Balaban J connectivity index is 1.88. The number of pyridine rings is 1. The number of ether oxygens (including phenoxy) is 1. The van der Waals surface area contributed by atoms with Gasteiger partial charge in [-0.15, -0.1) is 0 Å². The summed E-state index contributed by atoms with van der Waals surface area (Å²) in [5.41, 5.74) is 8.34. The lowest BCUT2D eigenvalue weighted by atomic mass is 10.2. The molecule has 3 rings (SSSR count). The van der Waals surface area contributed by atoms with E-state index in [-0.39, 0.29) is 11.5 Å². The summed E-state index contributed by atoms with van der Waals surface area (Å²) in [4.78, 5) is 4.44. The van der Waals surface area contributed by atoms with Crippen molar-refractivity contribution in [3.8, 4) is 11.6 Å². The summed E-state index contributed by atoms with van der Waals surface area (Å²) in [6, 6.07) is 7.93. The molecule has 92 valence electrons. The number of hydrogen-bond donors (Lipinski definition) is 1. The average molecular weight is 244 g/mol. The van der Waals surface area contributed by atoms with E-state index in [1.807, 2.05) is 12.1 Å². The number of aryl methyl sites for hydroxylation is 2. The van der Waals surface area contributed by atoms with Crippen molar-refractivity contribution < 1.29 is 9.13 Å². The molecule has 1 heterocycles. The topological polar surface area (TPSA) is 48.1 Å². The summed E-state index contributed by atoms with van der Waals surface area (Å²) in [5.74, 6) is 0.567. The van der Waals surface area contributed by atoms with Crippen molar-refractivity contribution in [2.45, 2.75) is 19.3 Å². The van der Waals surface area contributed by atoms with Gasteiger partial charge in [0.2, 0.25) is 5.88 Å². The molecule has 0 unspecified atom stereocenters. The molecule has 2 aromatic rings. The second kappa shape index (κ2) is 4.29. The Kier molecular flexibility index (Phi) is 2.63. The van der Waals surface area contributed by atoms with Gasteiger partial charge in [0.05, 0.1) is 5.69 Å².